The third kappa shape index (κ3) is 2.97. The first kappa shape index (κ1) is 14.1. The Morgan fingerprint density at radius 1 is 1.05 bits per heavy atom. The van der Waals surface area contributed by atoms with E-state index >= 15 is 0 Å². The number of nitrogens with two attached hydrogens (primary N) is 1. The minimum atomic E-state index is -1.59. The summed E-state index contributed by atoms with van der Waals surface area (Å²) in [6, 6.07) is 8.86. The molecule has 2 rings (SSSR count). The number of hydrogen-bond donors (Lipinski definition) is 2. The largest absolute Gasteiger partial charge is 0.324 e. The summed E-state index contributed by atoms with van der Waals surface area (Å²) in [4.78, 5) is 11.8. The molecule has 0 saturated heterocycles. The molecule has 0 spiro atoms. The molecule has 0 aliphatic carbocycles. The number of halogens is 3. The number of rotatable bonds is 3. The monoisotopic (exact) mass is 280 g/mol. The van der Waals surface area contributed by atoms with E-state index in [1.807, 2.05) is 0 Å². The Balaban J connectivity index is 2.16. The molecule has 0 fully saturated rings. The lowest BCUT2D eigenvalue weighted by atomic mass is 10.1. The van der Waals surface area contributed by atoms with Crippen molar-refractivity contribution in [3.63, 3.8) is 0 Å². The molecule has 3 N–H and O–H groups in total. The Morgan fingerprint density at radius 2 is 1.60 bits per heavy atom. The first-order valence-corrected chi connectivity index (χ1v) is 5.75. The maximum absolute atomic E-state index is 13.0. The van der Waals surface area contributed by atoms with Gasteiger partial charge in [0.25, 0.3) is 0 Å². The molecule has 1 amide bonds. The average molecular weight is 280 g/mol. The van der Waals surface area contributed by atoms with E-state index < -0.39 is 29.4 Å². The number of benzene rings is 2. The standard InChI is InChI=1S/C14H11F3N2O/c15-10-6-9(7-11(16)12(10)17)19-14(20)13(18)8-4-2-1-3-5-8/h1-7,13H,18H2,(H,19,20)/t13-/m0/s1. The number of hydrogen-bond acceptors (Lipinski definition) is 2. The topological polar surface area (TPSA) is 55.1 Å². The summed E-state index contributed by atoms with van der Waals surface area (Å²) in [5, 5.41) is 2.24. The van der Waals surface area contributed by atoms with E-state index in [0.29, 0.717) is 17.7 Å². The lowest BCUT2D eigenvalue weighted by molar-refractivity contribution is -0.117. The van der Waals surface area contributed by atoms with Gasteiger partial charge in [-0.25, -0.2) is 13.2 Å². The molecule has 20 heavy (non-hydrogen) atoms. The predicted octanol–water partition coefficient (Wildman–Crippen LogP) is 2.74. The molecular formula is C14H11F3N2O. The molecule has 0 bridgehead atoms. The van der Waals surface area contributed by atoms with Crippen LogP contribution in [-0.2, 0) is 4.79 Å². The fourth-order valence-electron chi connectivity index (χ4n) is 1.66. The van der Waals surface area contributed by atoms with Gasteiger partial charge in [-0.05, 0) is 5.56 Å². The predicted molar refractivity (Wildman–Crippen MR) is 68.3 cm³/mol. The summed E-state index contributed by atoms with van der Waals surface area (Å²) in [6.07, 6.45) is 0. The van der Waals surface area contributed by atoms with Crippen molar-refractivity contribution < 1.29 is 18.0 Å². The number of anilines is 1. The lowest BCUT2D eigenvalue weighted by Gasteiger charge is -2.12. The number of carbonyl (C=O) groups is 1. The zero-order valence-electron chi connectivity index (χ0n) is 10.2. The van der Waals surface area contributed by atoms with Crippen molar-refractivity contribution in [1.29, 1.82) is 0 Å². The van der Waals surface area contributed by atoms with Crippen LogP contribution in [0.2, 0.25) is 0 Å². The molecule has 1 atom stereocenters. The van der Waals surface area contributed by atoms with E-state index in [1.54, 1.807) is 30.3 Å². The van der Waals surface area contributed by atoms with Crippen molar-refractivity contribution >= 4 is 11.6 Å². The zero-order valence-corrected chi connectivity index (χ0v) is 10.2. The molecule has 3 nitrogen and oxygen atoms in total. The van der Waals surface area contributed by atoms with Gasteiger partial charge in [0.15, 0.2) is 17.5 Å². The van der Waals surface area contributed by atoms with Gasteiger partial charge < -0.3 is 11.1 Å². The molecule has 104 valence electrons. The highest BCUT2D eigenvalue weighted by atomic mass is 19.2. The fourth-order valence-corrected chi connectivity index (χ4v) is 1.66. The van der Waals surface area contributed by atoms with Crippen LogP contribution in [0.15, 0.2) is 42.5 Å². The molecule has 0 radical (unpaired) electrons. The maximum atomic E-state index is 13.0. The van der Waals surface area contributed by atoms with Crippen molar-refractivity contribution in [1.82, 2.24) is 0 Å². The Morgan fingerprint density at radius 3 is 2.15 bits per heavy atom. The van der Waals surface area contributed by atoms with E-state index in [9.17, 15) is 18.0 Å². The highest BCUT2D eigenvalue weighted by Gasteiger charge is 2.17. The van der Waals surface area contributed by atoms with Gasteiger partial charge in [0.05, 0.1) is 0 Å². The third-order valence-corrected chi connectivity index (χ3v) is 2.69. The highest BCUT2D eigenvalue weighted by molar-refractivity contribution is 5.95. The summed E-state index contributed by atoms with van der Waals surface area (Å²) < 4.78 is 38.8. The number of amides is 1. The molecule has 0 aliphatic rings. The summed E-state index contributed by atoms with van der Waals surface area (Å²) >= 11 is 0. The van der Waals surface area contributed by atoms with Gasteiger partial charge in [0.1, 0.15) is 6.04 Å². The zero-order chi connectivity index (χ0) is 14.7. The van der Waals surface area contributed by atoms with Gasteiger partial charge in [-0.2, -0.15) is 0 Å². The van der Waals surface area contributed by atoms with Crippen LogP contribution in [0.5, 0.6) is 0 Å². The second-order valence-electron chi connectivity index (χ2n) is 4.13. The van der Waals surface area contributed by atoms with Gasteiger partial charge in [-0.15, -0.1) is 0 Å². The summed E-state index contributed by atoms with van der Waals surface area (Å²) in [6.45, 7) is 0. The van der Waals surface area contributed by atoms with Crippen LogP contribution in [0.1, 0.15) is 11.6 Å². The van der Waals surface area contributed by atoms with E-state index in [0.717, 1.165) is 0 Å². The molecule has 0 heterocycles. The van der Waals surface area contributed by atoms with Gasteiger partial charge in [-0.3, -0.25) is 4.79 Å². The van der Waals surface area contributed by atoms with Gasteiger partial charge in [-0.1, -0.05) is 30.3 Å². The molecule has 0 unspecified atom stereocenters. The van der Waals surface area contributed by atoms with E-state index in [1.165, 1.54) is 0 Å². The summed E-state index contributed by atoms with van der Waals surface area (Å²) in [5.41, 5.74) is 6.07. The second kappa shape index (κ2) is 5.75. The summed E-state index contributed by atoms with van der Waals surface area (Å²) in [5.74, 6) is -5.00. The molecule has 0 saturated carbocycles. The molecule has 0 aromatic heterocycles. The maximum Gasteiger partial charge on any atom is 0.245 e. The van der Waals surface area contributed by atoms with Crippen molar-refractivity contribution in [3.05, 3.63) is 65.5 Å². The van der Waals surface area contributed by atoms with E-state index in [4.69, 9.17) is 5.73 Å². The van der Waals surface area contributed by atoms with Crippen LogP contribution in [0.3, 0.4) is 0 Å². The SMILES string of the molecule is N[C@H](C(=O)Nc1cc(F)c(F)c(F)c1)c1ccccc1. The van der Waals surface area contributed by atoms with Crippen LogP contribution >= 0.6 is 0 Å². The minimum Gasteiger partial charge on any atom is -0.324 e. The molecule has 2 aromatic carbocycles. The van der Waals surface area contributed by atoms with E-state index in [-0.39, 0.29) is 5.69 Å². The second-order valence-corrected chi connectivity index (χ2v) is 4.13. The average Bonchev–Trinajstić information content (AvgIpc) is 2.44. The van der Waals surface area contributed by atoms with Crippen molar-refractivity contribution in [2.45, 2.75) is 6.04 Å². The van der Waals surface area contributed by atoms with Crippen LogP contribution in [0.25, 0.3) is 0 Å². The fraction of sp³-hybridized carbons (Fsp3) is 0.0714. The van der Waals surface area contributed by atoms with Gasteiger partial charge >= 0.3 is 0 Å². The highest BCUT2D eigenvalue weighted by Crippen LogP contribution is 2.19. The molecule has 6 heteroatoms. The van der Waals surface area contributed by atoms with Crippen LogP contribution in [0.4, 0.5) is 18.9 Å². The smallest absolute Gasteiger partial charge is 0.245 e. The van der Waals surface area contributed by atoms with Crippen LogP contribution in [-0.4, -0.2) is 5.91 Å². The third-order valence-electron chi connectivity index (χ3n) is 2.69. The van der Waals surface area contributed by atoms with Crippen molar-refractivity contribution in [2.75, 3.05) is 5.32 Å². The van der Waals surface area contributed by atoms with Crippen molar-refractivity contribution in [3.8, 4) is 0 Å². The minimum absolute atomic E-state index is 0.196. The quantitative estimate of drug-likeness (QED) is 0.849. The Bertz CT molecular complexity index is 609. The molecular weight excluding hydrogens is 269 g/mol. The summed E-state index contributed by atoms with van der Waals surface area (Å²) in [7, 11) is 0. The Kier molecular flexibility index (Phi) is 4.05. The van der Waals surface area contributed by atoms with E-state index in [2.05, 4.69) is 5.32 Å². The lowest BCUT2D eigenvalue weighted by Crippen LogP contribution is -2.27. The molecule has 0 aliphatic heterocycles. The van der Waals surface area contributed by atoms with Crippen LogP contribution < -0.4 is 11.1 Å². The van der Waals surface area contributed by atoms with Gasteiger partial charge in [0, 0.05) is 17.8 Å². The first-order valence-electron chi connectivity index (χ1n) is 5.75. The molecule has 2 aromatic rings. The Labute approximate surface area is 113 Å². The number of nitrogens with one attached hydrogen (secondary N) is 1. The Hall–Kier alpha value is -2.34. The van der Waals surface area contributed by atoms with Crippen molar-refractivity contribution in [2.24, 2.45) is 5.73 Å². The van der Waals surface area contributed by atoms with Gasteiger partial charge in [0.2, 0.25) is 5.91 Å². The first-order chi connectivity index (χ1) is 9.49. The normalized spacial score (nSPS) is 12.0. The number of carbonyl (C=O) groups excluding carboxylic acids is 1. The van der Waals surface area contributed by atoms with Crippen LogP contribution in [0, 0.1) is 17.5 Å².